The maximum atomic E-state index is 12.1. The minimum Gasteiger partial charge on any atom is -0.336 e. The fourth-order valence-electron chi connectivity index (χ4n) is 2.46. The van der Waals surface area contributed by atoms with Crippen molar-refractivity contribution in [2.24, 2.45) is 0 Å². The van der Waals surface area contributed by atoms with Gasteiger partial charge in [0.15, 0.2) is 5.82 Å². The number of nitrogens with two attached hydrogens (primary N) is 1. The van der Waals surface area contributed by atoms with Crippen molar-refractivity contribution < 1.29 is 4.79 Å². The maximum Gasteiger partial charge on any atom is 0.234 e. The van der Waals surface area contributed by atoms with Gasteiger partial charge in [0.25, 0.3) is 0 Å². The highest BCUT2D eigenvalue weighted by Crippen LogP contribution is 2.39. The summed E-state index contributed by atoms with van der Waals surface area (Å²) in [6, 6.07) is 8.02. The molecule has 0 spiro atoms. The number of hydrogen-bond acceptors (Lipinski definition) is 5. The van der Waals surface area contributed by atoms with Gasteiger partial charge in [-0.25, -0.2) is 4.68 Å². The molecule has 0 unspecified atom stereocenters. The minimum absolute atomic E-state index is 0.0766. The zero-order valence-corrected chi connectivity index (χ0v) is 14.8. The van der Waals surface area contributed by atoms with Gasteiger partial charge < -0.3 is 11.2 Å². The van der Waals surface area contributed by atoms with Gasteiger partial charge >= 0.3 is 0 Å². The van der Waals surface area contributed by atoms with E-state index in [0.717, 1.165) is 30.8 Å². The lowest BCUT2D eigenvalue weighted by Gasteiger charge is -2.10. The number of nitrogens with zero attached hydrogens (tertiary/aromatic N) is 3. The summed E-state index contributed by atoms with van der Waals surface area (Å²) in [7, 11) is 0. The number of nitrogens with one attached hydrogen (secondary N) is 1. The minimum atomic E-state index is -0.0766. The average molecular weight is 345 g/mol. The molecule has 1 fully saturated rings. The molecule has 3 rings (SSSR count). The molecule has 24 heavy (non-hydrogen) atoms. The van der Waals surface area contributed by atoms with Crippen LogP contribution < -0.4 is 11.2 Å². The molecular formula is C17H23N5OS. The largest absolute Gasteiger partial charge is 0.336 e. The van der Waals surface area contributed by atoms with Gasteiger partial charge in [-0.2, -0.15) is 0 Å². The number of aromatic nitrogens is 3. The predicted molar refractivity (Wildman–Crippen MR) is 96.6 cm³/mol. The molecule has 1 atom stereocenters. The average Bonchev–Trinajstić information content (AvgIpc) is 3.36. The Balaban J connectivity index is 1.52. The second-order valence-corrected chi connectivity index (χ2v) is 7.20. The van der Waals surface area contributed by atoms with Crippen LogP contribution in [0.2, 0.25) is 0 Å². The Hall–Kier alpha value is -2.02. The van der Waals surface area contributed by atoms with Gasteiger partial charge in [0.1, 0.15) is 0 Å². The normalized spacial score (nSPS) is 15.2. The maximum absolute atomic E-state index is 12.1. The number of carbonyl (C=O) groups excluding carboxylic acids is 1. The second kappa shape index (κ2) is 7.25. The zero-order valence-electron chi connectivity index (χ0n) is 14.0. The molecule has 0 saturated heterocycles. The molecule has 1 aliphatic rings. The Morgan fingerprint density at radius 2 is 2.08 bits per heavy atom. The molecule has 0 aliphatic heterocycles. The molecule has 6 nitrogen and oxygen atoms in total. The van der Waals surface area contributed by atoms with E-state index in [1.807, 2.05) is 12.1 Å². The van der Waals surface area contributed by atoms with Gasteiger partial charge in [-0.3, -0.25) is 4.79 Å². The number of hydrogen-bond donors (Lipinski definition) is 2. The monoisotopic (exact) mass is 345 g/mol. The smallest absolute Gasteiger partial charge is 0.234 e. The van der Waals surface area contributed by atoms with E-state index in [9.17, 15) is 4.79 Å². The van der Waals surface area contributed by atoms with Crippen LogP contribution in [-0.2, 0) is 4.79 Å². The number of benzene rings is 1. The Labute approximate surface area is 146 Å². The standard InChI is InChI=1S/C17H23N5OS/c1-3-11(2)12-6-8-14(9-7-12)19-15(23)10-24-17-21-20-16(22(17)18)13-4-5-13/h6-9,11,13H,3-5,10,18H2,1-2H3,(H,19,23)/t11-/m0/s1. The topological polar surface area (TPSA) is 85.8 Å². The van der Waals surface area contributed by atoms with E-state index in [-0.39, 0.29) is 11.7 Å². The summed E-state index contributed by atoms with van der Waals surface area (Å²) >= 11 is 1.30. The first-order chi connectivity index (χ1) is 11.6. The summed E-state index contributed by atoms with van der Waals surface area (Å²) in [6.45, 7) is 4.37. The van der Waals surface area contributed by atoms with Crippen LogP contribution in [0.4, 0.5) is 5.69 Å². The fourth-order valence-corrected chi connectivity index (χ4v) is 3.13. The van der Waals surface area contributed by atoms with Crippen molar-refractivity contribution >= 4 is 23.4 Å². The van der Waals surface area contributed by atoms with Gasteiger partial charge in [-0.1, -0.05) is 37.7 Å². The molecule has 128 valence electrons. The summed E-state index contributed by atoms with van der Waals surface area (Å²) in [5.74, 6) is 7.95. The van der Waals surface area contributed by atoms with Crippen LogP contribution in [0.3, 0.4) is 0 Å². The lowest BCUT2D eigenvalue weighted by molar-refractivity contribution is -0.113. The van der Waals surface area contributed by atoms with Gasteiger partial charge in [-0.15, -0.1) is 10.2 Å². The molecule has 1 heterocycles. The quantitative estimate of drug-likeness (QED) is 0.595. The molecule has 0 radical (unpaired) electrons. The van der Waals surface area contributed by atoms with Crippen molar-refractivity contribution in [1.29, 1.82) is 0 Å². The molecule has 1 saturated carbocycles. The van der Waals surface area contributed by atoms with Crippen LogP contribution in [0.25, 0.3) is 0 Å². The molecule has 1 amide bonds. The molecule has 1 aliphatic carbocycles. The summed E-state index contributed by atoms with van der Waals surface area (Å²) in [5, 5.41) is 11.7. The Bertz CT molecular complexity index is 708. The Kier molecular flexibility index (Phi) is 5.08. The van der Waals surface area contributed by atoms with Gasteiger partial charge in [0.2, 0.25) is 11.1 Å². The highest BCUT2D eigenvalue weighted by molar-refractivity contribution is 7.99. The first kappa shape index (κ1) is 16.8. The van der Waals surface area contributed by atoms with Crippen LogP contribution in [0.1, 0.15) is 56.3 Å². The van der Waals surface area contributed by atoms with E-state index in [0.29, 0.717) is 17.0 Å². The summed E-state index contributed by atoms with van der Waals surface area (Å²) in [6.07, 6.45) is 3.34. The Morgan fingerprint density at radius 1 is 1.38 bits per heavy atom. The van der Waals surface area contributed by atoms with Crippen LogP contribution >= 0.6 is 11.8 Å². The van der Waals surface area contributed by atoms with Crippen molar-refractivity contribution in [1.82, 2.24) is 14.9 Å². The summed E-state index contributed by atoms with van der Waals surface area (Å²) in [5.41, 5.74) is 2.09. The van der Waals surface area contributed by atoms with E-state index in [2.05, 4.69) is 41.5 Å². The van der Waals surface area contributed by atoms with Crippen LogP contribution in [0, 0.1) is 0 Å². The van der Waals surface area contributed by atoms with E-state index in [1.54, 1.807) is 0 Å². The van der Waals surface area contributed by atoms with E-state index >= 15 is 0 Å². The van der Waals surface area contributed by atoms with E-state index in [1.165, 1.54) is 22.0 Å². The Morgan fingerprint density at radius 3 is 2.71 bits per heavy atom. The van der Waals surface area contributed by atoms with E-state index < -0.39 is 0 Å². The SMILES string of the molecule is CC[C@H](C)c1ccc(NC(=O)CSc2nnc(C3CC3)n2N)cc1. The predicted octanol–water partition coefficient (Wildman–Crippen LogP) is 3.11. The van der Waals surface area contributed by atoms with Crippen LogP contribution in [0.15, 0.2) is 29.4 Å². The van der Waals surface area contributed by atoms with Crippen molar-refractivity contribution in [3.05, 3.63) is 35.7 Å². The number of rotatable bonds is 7. The lowest BCUT2D eigenvalue weighted by Crippen LogP contribution is -2.17. The third kappa shape index (κ3) is 3.90. The highest BCUT2D eigenvalue weighted by atomic mass is 32.2. The van der Waals surface area contributed by atoms with Crippen LogP contribution in [0.5, 0.6) is 0 Å². The summed E-state index contributed by atoms with van der Waals surface area (Å²) < 4.78 is 1.51. The van der Waals surface area contributed by atoms with Crippen molar-refractivity contribution in [2.75, 3.05) is 16.9 Å². The highest BCUT2D eigenvalue weighted by Gasteiger charge is 2.30. The van der Waals surface area contributed by atoms with E-state index in [4.69, 9.17) is 5.84 Å². The summed E-state index contributed by atoms with van der Waals surface area (Å²) in [4.78, 5) is 12.1. The van der Waals surface area contributed by atoms with Crippen molar-refractivity contribution in [3.8, 4) is 0 Å². The first-order valence-electron chi connectivity index (χ1n) is 8.31. The van der Waals surface area contributed by atoms with Crippen molar-refractivity contribution in [2.45, 2.75) is 50.1 Å². The van der Waals surface area contributed by atoms with Gasteiger partial charge in [0, 0.05) is 11.6 Å². The third-order valence-corrected chi connectivity index (χ3v) is 5.28. The molecule has 0 bridgehead atoms. The molecule has 1 aromatic carbocycles. The number of carbonyl (C=O) groups is 1. The first-order valence-corrected chi connectivity index (χ1v) is 9.30. The molecule has 7 heteroatoms. The lowest BCUT2D eigenvalue weighted by atomic mass is 9.99. The fraction of sp³-hybridized carbons (Fsp3) is 0.471. The number of thioether (sulfide) groups is 1. The molecular weight excluding hydrogens is 322 g/mol. The van der Waals surface area contributed by atoms with Gasteiger partial charge in [-0.05, 0) is 42.9 Å². The van der Waals surface area contributed by atoms with Gasteiger partial charge in [0.05, 0.1) is 5.75 Å². The van der Waals surface area contributed by atoms with Crippen molar-refractivity contribution in [3.63, 3.8) is 0 Å². The molecule has 2 aromatic rings. The third-order valence-electron chi connectivity index (χ3n) is 4.34. The zero-order chi connectivity index (χ0) is 17.1. The number of amides is 1. The van der Waals surface area contributed by atoms with Crippen LogP contribution in [-0.4, -0.2) is 26.5 Å². The molecule has 1 aromatic heterocycles. The second-order valence-electron chi connectivity index (χ2n) is 6.25. The molecule has 3 N–H and O–H groups in total. The number of nitrogen functional groups attached to an aromatic ring is 1. The number of anilines is 1.